The molecule has 8 nitrogen and oxygen atoms in total. The van der Waals surface area contributed by atoms with Crippen molar-refractivity contribution in [2.75, 3.05) is 24.7 Å². The van der Waals surface area contributed by atoms with Crippen LogP contribution in [0.2, 0.25) is 0 Å². The van der Waals surface area contributed by atoms with Crippen LogP contribution in [0.25, 0.3) is 0 Å². The summed E-state index contributed by atoms with van der Waals surface area (Å²) in [4.78, 5) is 13.8. The van der Waals surface area contributed by atoms with E-state index >= 15 is 0 Å². The molecule has 0 atom stereocenters. The number of amides is 1. The Labute approximate surface area is 182 Å². The Bertz CT molecular complexity index is 781. The molecule has 0 unspecified atom stereocenters. The average molecular weight is 434 g/mol. The van der Waals surface area contributed by atoms with Crippen LogP contribution in [0, 0.1) is 28.6 Å². The van der Waals surface area contributed by atoms with Gasteiger partial charge in [0.25, 0.3) is 0 Å². The van der Waals surface area contributed by atoms with Crippen molar-refractivity contribution in [3.8, 4) is 5.75 Å². The molecular weight excluding hydrogens is 401 g/mol. The minimum Gasteiger partial charge on any atom is -0.494 e. The maximum Gasteiger partial charge on any atom is 0.410 e. The number of rotatable bonds is 7. The van der Waals surface area contributed by atoms with Gasteiger partial charge in [0.1, 0.15) is 23.4 Å². The van der Waals surface area contributed by atoms with Crippen molar-refractivity contribution in [2.24, 2.45) is 17.1 Å². The van der Waals surface area contributed by atoms with Crippen LogP contribution in [0.4, 0.5) is 14.9 Å². The van der Waals surface area contributed by atoms with E-state index in [1.807, 2.05) is 11.8 Å². The van der Waals surface area contributed by atoms with Gasteiger partial charge in [-0.1, -0.05) is 5.22 Å². The van der Waals surface area contributed by atoms with E-state index in [1.165, 1.54) is 37.8 Å². The molecule has 3 fully saturated rings. The third kappa shape index (κ3) is 6.38. The predicted octanol–water partition coefficient (Wildman–Crippen LogP) is 5.38. The van der Waals surface area contributed by atoms with Gasteiger partial charge in [-0.25, -0.2) is 14.2 Å². The summed E-state index contributed by atoms with van der Waals surface area (Å²) in [5.41, 5.74) is 6.65. The molecule has 170 valence electrons. The quantitative estimate of drug-likeness (QED) is 0.261. The molecule has 2 aliphatic carbocycles. The fourth-order valence-corrected chi connectivity index (χ4v) is 3.76. The molecule has 0 spiro atoms. The summed E-state index contributed by atoms with van der Waals surface area (Å²) in [5.74, 6) is 1.70. The zero-order valence-electron chi connectivity index (χ0n) is 18.3. The Morgan fingerprint density at radius 2 is 1.94 bits per heavy atom. The van der Waals surface area contributed by atoms with Crippen LogP contribution in [0.15, 0.2) is 23.4 Å². The van der Waals surface area contributed by atoms with Gasteiger partial charge in [-0.15, -0.1) is 0 Å². The van der Waals surface area contributed by atoms with E-state index in [9.17, 15) is 9.18 Å². The number of hydrogen-bond acceptors (Lipinski definition) is 6. The molecule has 3 aliphatic rings. The van der Waals surface area contributed by atoms with Crippen LogP contribution in [-0.4, -0.2) is 42.6 Å². The molecule has 9 heteroatoms. The van der Waals surface area contributed by atoms with Gasteiger partial charge < -0.3 is 14.4 Å². The SMILES string of the molecule is CC1(OC(=O)N2CCC(C3CC3)CC2)CC1.CCOc1ccc(N(C=N)N=N)c(F)c1. The van der Waals surface area contributed by atoms with Gasteiger partial charge in [0.2, 0.25) is 0 Å². The fraction of sp³-hybridized carbons (Fsp3) is 0.636. The van der Waals surface area contributed by atoms with E-state index in [0.29, 0.717) is 12.4 Å². The number of nitrogens with zero attached hydrogens (tertiary/aromatic N) is 3. The van der Waals surface area contributed by atoms with E-state index in [0.717, 1.165) is 49.1 Å². The van der Waals surface area contributed by atoms with Gasteiger partial charge in [0.15, 0.2) is 5.82 Å². The van der Waals surface area contributed by atoms with Gasteiger partial charge in [-0.3, -0.25) is 5.41 Å². The molecule has 0 bridgehead atoms. The zero-order chi connectivity index (χ0) is 22.4. The van der Waals surface area contributed by atoms with Gasteiger partial charge in [0.05, 0.1) is 6.61 Å². The highest BCUT2D eigenvalue weighted by Gasteiger charge is 2.43. The fourth-order valence-electron chi connectivity index (χ4n) is 3.76. The van der Waals surface area contributed by atoms with E-state index < -0.39 is 5.82 Å². The van der Waals surface area contributed by atoms with Crippen LogP contribution < -0.4 is 9.75 Å². The normalized spacial score (nSPS) is 19.5. The van der Waals surface area contributed by atoms with Crippen molar-refractivity contribution in [2.45, 2.75) is 58.0 Å². The number of likely N-dealkylation sites (tertiary alicyclic amines) is 1. The smallest absolute Gasteiger partial charge is 0.410 e. The Morgan fingerprint density at radius 3 is 2.42 bits per heavy atom. The first-order valence-electron chi connectivity index (χ1n) is 11.0. The first kappa shape index (κ1) is 23.0. The first-order valence-corrected chi connectivity index (χ1v) is 11.0. The molecule has 1 aliphatic heterocycles. The summed E-state index contributed by atoms with van der Waals surface area (Å²) in [6.07, 6.45) is 7.99. The topological polar surface area (TPSA) is 102 Å². The number of hydrogen-bond donors (Lipinski definition) is 2. The molecule has 1 aromatic carbocycles. The molecule has 31 heavy (non-hydrogen) atoms. The highest BCUT2D eigenvalue weighted by molar-refractivity contribution is 5.76. The molecular formula is C22H32FN5O3. The molecule has 0 radical (unpaired) electrons. The highest BCUT2D eigenvalue weighted by Crippen LogP contribution is 2.42. The van der Waals surface area contributed by atoms with Crippen LogP contribution in [-0.2, 0) is 4.74 Å². The third-order valence-electron chi connectivity index (χ3n) is 6.08. The number of benzene rings is 1. The van der Waals surface area contributed by atoms with E-state index in [-0.39, 0.29) is 17.4 Å². The largest absolute Gasteiger partial charge is 0.494 e. The summed E-state index contributed by atoms with van der Waals surface area (Å²) >= 11 is 0. The second-order valence-corrected chi connectivity index (χ2v) is 8.60. The lowest BCUT2D eigenvalue weighted by molar-refractivity contribution is 0.0477. The molecule has 4 rings (SSSR count). The van der Waals surface area contributed by atoms with Gasteiger partial charge >= 0.3 is 6.09 Å². The third-order valence-corrected chi connectivity index (χ3v) is 6.08. The molecule has 2 N–H and O–H groups in total. The number of piperidine rings is 1. The van der Waals surface area contributed by atoms with E-state index in [1.54, 1.807) is 13.0 Å². The van der Waals surface area contributed by atoms with Gasteiger partial charge in [-0.05, 0) is 76.3 Å². The lowest BCUT2D eigenvalue weighted by atomic mass is 9.92. The second-order valence-electron chi connectivity index (χ2n) is 8.60. The summed E-state index contributed by atoms with van der Waals surface area (Å²) in [6.45, 7) is 6.11. The van der Waals surface area contributed by atoms with E-state index in [2.05, 4.69) is 5.22 Å². The lowest BCUT2D eigenvalue weighted by Crippen LogP contribution is -2.40. The predicted molar refractivity (Wildman–Crippen MR) is 115 cm³/mol. The molecule has 1 aromatic rings. The Kier molecular flexibility index (Phi) is 7.46. The average Bonchev–Trinajstić information content (AvgIpc) is 3.69. The first-order chi connectivity index (χ1) is 14.9. The van der Waals surface area contributed by atoms with Crippen LogP contribution in [0.5, 0.6) is 5.75 Å². The lowest BCUT2D eigenvalue weighted by Gasteiger charge is -2.32. The standard InChI is InChI=1S/C13H21NO2.C9H11FN4O/c1-13(6-7-13)16-12(15)14-8-4-11(5-9-14)10-2-3-10;1-2-15-7-3-4-9(8(10)5-7)14(6-11)13-12/h10-11H,2-9H2,1H3;3-6,11-12H,2H2,1H3. The van der Waals surface area contributed by atoms with Crippen molar-refractivity contribution >= 4 is 18.1 Å². The Morgan fingerprint density at radius 1 is 1.29 bits per heavy atom. The van der Waals surface area contributed by atoms with Crippen LogP contribution in [0.3, 0.4) is 0 Å². The number of carbonyl (C=O) groups is 1. The summed E-state index contributed by atoms with van der Waals surface area (Å²) in [5, 5.41) is 10.7. The van der Waals surface area contributed by atoms with E-state index in [4.69, 9.17) is 20.4 Å². The van der Waals surface area contributed by atoms with Crippen molar-refractivity contribution in [1.82, 2.24) is 4.90 Å². The number of anilines is 1. The van der Waals surface area contributed by atoms with Crippen molar-refractivity contribution in [3.05, 3.63) is 24.0 Å². The maximum atomic E-state index is 13.4. The van der Waals surface area contributed by atoms with Crippen LogP contribution >= 0.6 is 0 Å². The number of halogens is 1. The molecule has 2 saturated carbocycles. The van der Waals surface area contributed by atoms with Crippen LogP contribution in [0.1, 0.15) is 52.4 Å². The molecule has 1 heterocycles. The van der Waals surface area contributed by atoms with Crippen molar-refractivity contribution in [3.63, 3.8) is 0 Å². The second kappa shape index (κ2) is 10.1. The summed E-state index contributed by atoms with van der Waals surface area (Å²) < 4.78 is 24.0. The number of nitrogens with one attached hydrogen (secondary N) is 2. The maximum absolute atomic E-state index is 13.4. The summed E-state index contributed by atoms with van der Waals surface area (Å²) in [6, 6.07) is 4.16. The number of carbonyl (C=O) groups excluding carboxylic acids is 1. The Hall–Kier alpha value is -2.71. The van der Waals surface area contributed by atoms with Gasteiger partial charge in [0, 0.05) is 19.2 Å². The van der Waals surface area contributed by atoms with Crippen molar-refractivity contribution in [1.29, 1.82) is 10.9 Å². The number of ether oxygens (including phenoxy) is 2. The summed E-state index contributed by atoms with van der Waals surface area (Å²) in [7, 11) is 0. The monoisotopic (exact) mass is 433 g/mol. The molecule has 1 amide bonds. The van der Waals surface area contributed by atoms with Crippen molar-refractivity contribution < 1.29 is 18.7 Å². The molecule has 0 aromatic heterocycles. The van der Waals surface area contributed by atoms with Gasteiger partial charge in [-0.2, -0.15) is 5.53 Å². The minimum absolute atomic E-state index is 0.0449. The molecule has 1 saturated heterocycles. The Balaban J connectivity index is 0.000000176. The minimum atomic E-state index is -0.583. The highest BCUT2D eigenvalue weighted by atomic mass is 19.1. The zero-order valence-corrected chi connectivity index (χ0v) is 18.3.